The zero-order valence-electron chi connectivity index (χ0n) is 21.9. The summed E-state index contributed by atoms with van der Waals surface area (Å²) in [6.45, 7) is 5.61. The van der Waals surface area contributed by atoms with Gasteiger partial charge in [-0.3, -0.25) is 0 Å². The highest BCUT2D eigenvalue weighted by Crippen LogP contribution is 2.40. The Morgan fingerprint density at radius 2 is 1.51 bits per heavy atom. The molecule has 1 fully saturated rings. The summed E-state index contributed by atoms with van der Waals surface area (Å²) in [5, 5.41) is 0. The molecule has 1 aliphatic carbocycles. The number of rotatable bonds is 10. The number of hydrogen-bond donors (Lipinski definition) is 0. The minimum Gasteiger partial charge on any atom is -0.497 e. The van der Waals surface area contributed by atoms with E-state index in [4.69, 9.17) is 19.2 Å². The molecule has 7 nitrogen and oxygen atoms in total. The minimum atomic E-state index is -0.292. The zero-order valence-corrected chi connectivity index (χ0v) is 21.9. The smallest absolute Gasteiger partial charge is 0.355 e. The van der Waals surface area contributed by atoms with E-state index >= 15 is 0 Å². The molecular formula is C30H33N3O4. The molecule has 37 heavy (non-hydrogen) atoms. The molecule has 192 valence electrons. The summed E-state index contributed by atoms with van der Waals surface area (Å²) < 4.78 is 18.2. The van der Waals surface area contributed by atoms with E-state index in [1.54, 1.807) is 14.2 Å². The van der Waals surface area contributed by atoms with E-state index < -0.39 is 0 Å². The number of carbonyl (C=O) groups excluding carboxylic acids is 1. The quantitative estimate of drug-likeness (QED) is 0.246. The number of anilines is 1. The highest BCUT2D eigenvalue weighted by atomic mass is 16.5. The fourth-order valence-corrected chi connectivity index (χ4v) is 4.75. The molecule has 1 aliphatic rings. The number of pyridine rings is 1. The van der Waals surface area contributed by atoms with E-state index in [-0.39, 0.29) is 5.97 Å². The van der Waals surface area contributed by atoms with Crippen molar-refractivity contribution >= 4 is 22.8 Å². The molecule has 7 heteroatoms. The average molecular weight is 500 g/mol. The van der Waals surface area contributed by atoms with Crippen LogP contribution in [0.2, 0.25) is 0 Å². The summed E-state index contributed by atoms with van der Waals surface area (Å²) in [6.07, 6.45) is 2.14. The molecule has 0 bridgehead atoms. The predicted octanol–water partition coefficient (Wildman–Crippen LogP) is 6.08. The van der Waals surface area contributed by atoms with E-state index in [0.717, 1.165) is 57.9 Å². The van der Waals surface area contributed by atoms with Crippen molar-refractivity contribution in [1.29, 1.82) is 0 Å². The van der Waals surface area contributed by atoms with Gasteiger partial charge in [0.15, 0.2) is 0 Å². The third-order valence-electron chi connectivity index (χ3n) is 6.75. The van der Waals surface area contributed by atoms with Crippen LogP contribution in [-0.4, -0.2) is 36.3 Å². The first-order chi connectivity index (χ1) is 18.0. The lowest BCUT2D eigenvalue weighted by molar-refractivity contribution is 0.0514. The minimum absolute atomic E-state index is 0.292. The van der Waals surface area contributed by atoms with Crippen LogP contribution >= 0.6 is 0 Å². The molecule has 0 N–H and O–H groups in total. The second kappa shape index (κ2) is 10.5. The number of esters is 1. The molecule has 5 rings (SSSR count). The van der Waals surface area contributed by atoms with E-state index in [1.807, 2.05) is 37.3 Å². The number of ether oxygens (including phenoxy) is 3. The van der Waals surface area contributed by atoms with Crippen LogP contribution in [0.4, 0.5) is 5.82 Å². The van der Waals surface area contributed by atoms with Gasteiger partial charge in [-0.05, 0) is 79.8 Å². The maximum absolute atomic E-state index is 12.8. The van der Waals surface area contributed by atoms with Crippen LogP contribution in [0.15, 0.2) is 60.7 Å². The van der Waals surface area contributed by atoms with Crippen LogP contribution in [0.3, 0.4) is 0 Å². The second-order valence-electron chi connectivity index (χ2n) is 9.44. The Morgan fingerprint density at radius 1 is 0.946 bits per heavy atom. The molecule has 2 aromatic carbocycles. The van der Waals surface area contributed by atoms with Gasteiger partial charge in [0.1, 0.15) is 23.0 Å². The first-order valence-electron chi connectivity index (χ1n) is 12.7. The van der Waals surface area contributed by atoms with Gasteiger partial charge in [0.2, 0.25) is 0 Å². The number of methoxy groups -OCH3 is 2. The predicted molar refractivity (Wildman–Crippen MR) is 145 cm³/mol. The third-order valence-corrected chi connectivity index (χ3v) is 6.75. The van der Waals surface area contributed by atoms with Crippen LogP contribution in [0, 0.1) is 6.92 Å². The molecule has 1 saturated carbocycles. The van der Waals surface area contributed by atoms with E-state index in [1.165, 1.54) is 0 Å². The molecule has 0 amide bonds. The van der Waals surface area contributed by atoms with Gasteiger partial charge in [-0.1, -0.05) is 24.3 Å². The molecule has 0 radical (unpaired) electrons. The van der Waals surface area contributed by atoms with Gasteiger partial charge in [0.05, 0.1) is 31.9 Å². The van der Waals surface area contributed by atoms with Crippen LogP contribution < -0.4 is 14.4 Å². The van der Waals surface area contributed by atoms with E-state index in [0.29, 0.717) is 31.4 Å². The van der Waals surface area contributed by atoms with Crippen molar-refractivity contribution in [3.8, 4) is 11.5 Å². The monoisotopic (exact) mass is 499 g/mol. The standard InChI is InChI=1S/C30H33N3O4/c1-5-37-30(34)28-17-26-27(33(28)23-10-11-23)16-20(2)29(31-26)32(18-21-6-12-24(35-3)13-7-21)19-22-8-14-25(36-4)15-9-22/h6-9,12-17,23H,5,10-11,18-19H2,1-4H3. The zero-order chi connectivity index (χ0) is 25.9. The normalized spacial score (nSPS) is 13.0. The van der Waals surface area contributed by atoms with Crippen LogP contribution in [0.1, 0.15) is 53.0 Å². The summed E-state index contributed by atoms with van der Waals surface area (Å²) in [4.78, 5) is 20.1. The summed E-state index contributed by atoms with van der Waals surface area (Å²) >= 11 is 0. The van der Waals surface area contributed by atoms with Gasteiger partial charge >= 0.3 is 5.97 Å². The number of fused-ring (bicyclic) bond motifs is 1. The first kappa shape index (κ1) is 24.7. The Bertz CT molecular complexity index is 1340. The highest BCUT2D eigenvalue weighted by Gasteiger charge is 2.31. The van der Waals surface area contributed by atoms with Crippen molar-refractivity contribution in [2.45, 2.75) is 45.8 Å². The van der Waals surface area contributed by atoms with Crippen LogP contribution in [0.25, 0.3) is 11.0 Å². The third kappa shape index (κ3) is 5.26. The molecule has 0 unspecified atom stereocenters. The molecule has 2 heterocycles. The lowest BCUT2D eigenvalue weighted by Gasteiger charge is -2.26. The Morgan fingerprint density at radius 3 is 2.00 bits per heavy atom. The van der Waals surface area contributed by atoms with Crippen molar-refractivity contribution in [2.75, 3.05) is 25.7 Å². The molecule has 2 aromatic heterocycles. The van der Waals surface area contributed by atoms with E-state index in [2.05, 4.69) is 46.7 Å². The maximum atomic E-state index is 12.8. The largest absolute Gasteiger partial charge is 0.497 e. The molecule has 0 atom stereocenters. The SMILES string of the molecule is CCOC(=O)c1cc2nc(N(Cc3ccc(OC)cc3)Cc3ccc(OC)cc3)c(C)cc2n1C1CC1. The molecule has 4 aromatic rings. The van der Waals surface area contributed by atoms with Gasteiger partial charge in [-0.15, -0.1) is 0 Å². The number of nitrogens with zero attached hydrogens (tertiary/aromatic N) is 3. The van der Waals surface area contributed by atoms with Crippen molar-refractivity contribution in [2.24, 2.45) is 0 Å². The molecule has 0 spiro atoms. The Kier molecular flexibility index (Phi) is 7.04. The number of aromatic nitrogens is 2. The van der Waals surface area contributed by atoms with E-state index in [9.17, 15) is 4.79 Å². The van der Waals surface area contributed by atoms with Crippen molar-refractivity contribution in [3.05, 3.63) is 83.0 Å². The van der Waals surface area contributed by atoms with Gasteiger partial charge in [0, 0.05) is 19.1 Å². The summed E-state index contributed by atoms with van der Waals surface area (Å²) in [6, 6.07) is 20.6. The number of carbonyl (C=O) groups is 1. The highest BCUT2D eigenvalue weighted by molar-refractivity contribution is 5.95. The van der Waals surface area contributed by atoms with Crippen LogP contribution in [0.5, 0.6) is 11.5 Å². The van der Waals surface area contributed by atoms with Gasteiger partial charge < -0.3 is 23.7 Å². The van der Waals surface area contributed by atoms with Gasteiger partial charge in [-0.2, -0.15) is 0 Å². The Balaban J connectivity index is 1.55. The fourth-order valence-electron chi connectivity index (χ4n) is 4.75. The Labute approximate surface area is 217 Å². The van der Waals surface area contributed by atoms with Crippen molar-refractivity contribution in [3.63, 3.8) is 0 Å². The summed E-state index contributed by atoms with van der Waals surface area (Å²) in [7, 11) is 3.34. The molecule has 0 aliphatic heterocycles. The first-order valence-corrected chi connectivity index (χ1v) is 12.7. The van der Waals surface area contributed by atoms with Gasteiger partial charge in [0.25, 0.3) is 0 Å². The van der Waals surface area contributed by atoms with Crippen molar-refractivity contribution < 1.29 is 19.0 Å². The summed E-state index contributed by atoms with van der Waals surface area (Å²) in [5.74, 6) is 2.26. The molecular weight excluding hydrogens is 466 g/mol. The van der Waals surface area contributed by atoms with Gasteiger partial charge in [-0.25, -0.2) is 9.78 Å². The fraction of sp³-hybridized carbons (Fsp3) is 0.333. The lowest BCUT2D eigenvalue weighted by Crippen LogP contribution is -2.24. The topological polar surface area (TPSA) is 65.8 Å². The molecule has 0 saturated heterocycles. The lowest BCUT2D eigenvalue weighted by atomic mass is 10.1. The summed E-state index contributed by atoms with van der Waals surface area (Å²) in [5.41, 5.74) is 5.74. The van der Waals surface area contributed by atoms with Crippen molar-refractivity contribution in [1.82, 2.24) is 9.55 Å². The average Bonchev–Trinajstić information content (AvgIpc) is 3.69. The van der Waals surface area contributed by atoms with Crippen LogP contribution in [-0.2, 0) is 17.8 Å². The second-order valence-corrected chi connectivity index (χ2v) is 9.44. The Hall–Kier alpha value is -4.00. The maximum Gasteiger partial charge on any atom is 0.355 e. The number of hydrogen-bond acceptors (Lipinski definition) is 6. The number of benzene rings is 2. The number of aryl methyl sites for hydroxylation is 1.